The molecule has 6 nitrogen and oxygen atoms in total. The van der Waals surface area contributed by atoms with Crippen molar-refractivity contribution in [3.8, 4) is 0 Å². The number of ether oxygens (including phenoxy) is 2. The summed E-state index contributed by atoms with van der Waals surface area (Å²) in [7, 11) is 1.64. The van der Waals surface area contributed by atoms with Gasteiger partial charge in [0, 0.05) is 32.8 Å². The normalized spacial score (nSPS) is 15.4. The van der Waals surface area contributed by atoms with Crippen LogP contribution in [0.3, 0.4) is 0 Å². The summed E-state index contributed by atoms with van der Waals surface area (Å²) in [6, 6.07) is 0.195. The van der Waals surface area contributed by atoms with E-state index < -0.39 is 0 Å². The lowest BCUT2D eigenvalue weighted by Crippen LogP contribution is -2.46. The van der Waals surface area contributed by atoms with E-state index in [9.17, 15) is 9.59 Å². The standard InChI is InChI=1S/C16H30N2O4/c1-3-22-15(19)10-12-18(11-7-13-21-2)16(20)17-14-8-5-4-6-9-14/h14H,3-13H2,1-2H3,(H,17,20). The van der Waals surface area contributed by atoms with E-state index in [2.05, 4.69) is 5.32 Å². The van der Waals surface area contributed by atoms with E-state index in [-0.39, 0.29) is 24.5 Å². The largest absolute Gasteiger partial charge is 0.466 e. The van der Waals surface area contributed by atoms with Crippen LogP contribution in [0.25, 0.3) is 0 Å². The highest BCUT2D eigenvalue weighted by Crippen LogP contribution is 2.17. The highest BCUT2D eigenvalue weighted by Gasteiger charge is 2.20. The summed E-state index contributed by atoms with van der Waals surface area (Å²) in [5.41, 5.74) is 0. The molecule has 1 rings (SSSR count). The quantitative estimate of drug-likeness (QED) is 0.524. The number of hydrogen-bond acceptors (Lipinski definition) is 4. The third kappa shape index (κ3) is 7.64. The van der Waals surface area contributed by atoms with Gasteiger partial charge in [0.15, 0.2) is 0 Å². The first kappa shape index (κ1) is 18.7. The molecule has 0 aromatic carbocycles. The number of methoxy groups -OCH3 is 1. The maximum absolute atomic E-state index is 12.4. The van der Waals surface area contributed by atoms with E-state index in [1.54, 1.807) is 18.9 Å². The highest BCUT2D eigenvalue weighted by atomic mass is 16.5. The third-order valence-corrected chi connectivity index (χ3v) is 3.89. The van der Waals surface area contributed by atoms with E-state index in [4.69, 9.17) is 9.47 Å². The minimum Gasteiger partial charge on any atom is -0.466 e. The zero-order valence-electron chi connectivity index (χ0n) is 13.9. The Labute approximate surface area is 133 Å². The lowest BCUT2D eigenvalue weighted by Gasteiger charge is -2.28. The van der Waals surface area contributed by atoms with Crippen molar-refractivity contribution < 1.29 is 19.1 Å². The van der Waals surface area contributed by atoms with Gasteiger partial charge >= 0.3 is 12.0 Å². The van der Waals surface area contributed by atoms with Crippen molar-refractivity contribution in [2.45, 2.75) is 57.9 Å². The zero-order chi connectivity index (χ0) is 16.2. The Hall–Kier alpha value is -1.30. The number of nitrogens with zero attached hydrogens (tertiary/aromatic N) is 1. The number of nitrogens with one attached hydrogen (secondary N) is 1. The molecule has 0 aromatic heterocycles. The highest BCUT2D eigenvalue weighted by molar-refractivity contribution is 5.76. The predicted molar refractivity (Wildman–Crippen MR) is 84.7 cm³/mol. The molecule has 1 aliphatic carbocycles. The number of urea groups is 1. The van der Waals surface area contributed by atoms with Gasteiger partial charge in [-0.05, 0) is 26.2 Å². The van der Waals surface area contributed by atoms with Crippen molar-refractivity contribution in [2.24, 2.45) is 0 Å². The van der Waals surface area contributed by atoms with Gasteiger partial charge in [-0.3, -0.25) is 4.79 Å². The minimum absolute atomic E-state index is 0.0766. The predicted octanol–water partition coefficient (Wildman–Crippen LogP) is 2.32. The molecule has 6 heteroatoms. The van der Waals surface area contributed by atoms with Crippen molar-refractivity contribution in [2.75, 3.05) is 33.4 Å². The van der Waals surface area contributed by atoms with Crippen molar-refractivity contribution in [1.82, 2.24) is 10.2 Å². The van der Waals surface area contributed by atoms with Crippen LogP contribution < -0.4 is 5.32 Å². The summed E-state index contributed by atoms with van der Waals surface area (Å²) < 4.78 is 9.96. The molecule has 0 radical (unpaired) electrons. The van der Waals surface area contributed by atoms with E-state index in [0.29, 0.717) is 26.3 Å². The van der Waals surface area contributed by atoms with Crippen molar-refractivity contribution >= 4 is 12.0 Å². The van der Waals surface area contributed by atoms with Crippen LogP contribution in [-0.4, -0.2) is 56.4 Å². The summed E-state index contributed by atoms with van der Waals surface area (Å²) in [6.07, 6.45) is 6.71. The molecule has 22 heavy (non-hydrogen) atoms. The summed E-state index contributed by atoms with van der Waals surface area (Å²) >= 11 is 0. The molecular formula is C16H30N2O4. The van der Waals surface area contributed by atoms with Gasteiger partial charge in [0.1, 0.15) is 0 Å². The van der Waals surface area contributed by atoms with Gasteiger partial charge in [-0.2, -0.15) is 0 Å². The molecule has 0 heterocycles. The van der Waals surface area contributed by atoms with Gasteiger partial charge in [-0.25, -0.2) is 4.79 Å². The molecule has 0 saturated heterocycles. The Kier molecular flexibility index (Phi) is 9.62. The summed E-state index contributed by atoms with van der Waals surface area (Å²) in [6.45, 7) is 3.74. The van der Waals surface area contributed by atoms with Gasteiger partial charge in [0.05, 0.1) is 13.0 Å². The zero-order valence-corrected chi connectivity index (χ0v) is 13.9. The molecule has 128 valence electrons. The third-order valence-electron chi connectivity index (χ3n) is 3.89. The molecule has 0 spiro atoms. The van der Waals surface area contributed by atoms with Crippen LogP contribution in [0.15, 0.2) is 0 Å². The average molecular weight is 314 g/mol. The molecule has 0 aliphatic heterocycles. The number of esters is 1. The molecule has 0 bridgehead atoms. The van der Waals surface area contributed by atoms with Gasteiger partial charge in [0.2, 0.25) is 0 Å². The fraction of sp³-hybridized carbons (Fsp3) is 0.875. The minimum atomic E-state index is -0.260. The second-order valence-electron chi connectivity index (χ2n) is 5.67. The molecule has 0 atom stereocenters. The fourth-order valence-electron chi connectivity index (χ4n) is 2.69. The van der Waals surface area contributed by atoms with E-state index in [0.717, 1.165) is 19.3 Å². The SMILES string of the molecule is CCOC(=O)CCN(CCCOC)C(=O)NC1CCCCC1. The Morgan fingerprint density at radius 2 is 1.91 bits per heavy atom. The first-order valence-electron chi connectivity index (χ1n) is 8.37. The molecule has 1 fully saturated rings. The molecule has 0 aromatic rings. The fourth-order valence-corrected chi connectivity index (χ4v) is 2.69. The second-order valence-corrected chi connectivity index (χ2v) is 5.67. The van der Waals surface area contributed by atoms with Crippen LogP contribution >= 0.6 is 0 Å². The lowest BCUT2D eigenvalue weighted by molar-refractivity contribution is -0.143. The first-order chi connectivity index (χ1) is 10.7. The molecule has 1 saturated carbocycles. The average Bonchev–Trinajstić information content (AvgIpc) is 2.52. The number of hydrogen-bond donors (Lipinski definition) is 1. The Bertz CT molecular complexity index is 330. The maximum atomic E-state index is 12.4. The molecular weight excluding hydrogens is 284 g/mol. The van der Waals surface area contributed by atoms with Gasteiger partial charge < -0.3 is 19.7 Å². The summed E-state index contributed by atoms with van der Waals surface area (Å²) in [5.74, 6) is -0.260. The number of rotatable bonds is 9. The van der Waals surface area contributed by atoms with E-state index in [1.807, 2.05) is 0 Å². The monoisotopic (exact) mass is 314 g/mol. The van der Waals surface area contributed by atoms with Gasteiger partial charge in [-0.15, -0.1) is 0 Å². The second kappa shape index (κ2) is 11.3. The van der Waals surface area contributed by atoms with Crippen LogP contribution in [0.1, 0.15) is 51.9 Å². The maximum Gasteiger partial charge on any atom is 0.317 e. The molecule has 2 amide bonds. The van der Waals surface area contributed by atoms with Crippen LogP contribution in [0, 0.1) is 0 Å². The number of carbonyl (C=O) groups is 2. The molecule has 0 unspecified atom stereocenters. The van der Waals surface area contributed by atoms with E-state index >= 15 is 0 Å². The lowest BCUT2D eigenvalue weighted by atomic mass is 9.96. The van der Waals surface area contributed by atoms with Crippen molar-refractivity contribution in [3.63, 3.8) is 0 Å². The van der Waals surface area contributed by atoms with Crippen molar-refractivity contribution in [1.29, 1.82) is 0 Å². The van der Waals surface area contributed by atoms with Crippen LogP contribution in [0.4, 0.5) is 4.79 Å². The summed E-state index contributed by atoms with van der Waals surface area (Å²) in [5, 5.41) is 3.10. The van der Waals surface area contributed by atoms with Gasteiger partial charge in [-0.1, -0.05) is 19.3 Å². The molecule has 1 aliphatic rings. The van der Waals surface area contributed by atoms with Crippen LogP contribution in [0.5, 0.6) is 0 Å². The smallest absolute Gasteiger partial charge is 0.317 e. The number of carbonyl (C=O) groups excluding carboxylic acids is 2. The Balaban J connectivity index is 2.43. The van der Waals surface area contributed by atoms with Crippen LogP contribution in [0.2, 0.25) is 0 Å². The Morgan fingerprint density at radius 1 is 1.18 bits per heavy atom. The Morgan fingerprint density at radius 3 is 2.55 bits per heavy atom. The van der Waals surface area contributed by atoms with E-state index in [1.165, 1.54) is 19.3 Å². The topological polar surface area (TPSA) is 67.9 Å². The molecule has 1 N–H and O–H groups in total. The van der Waals surface area contributed by atoms with Gasteiger partial charge in [0.25, 0.3) is 0 Å². The summed E-state index contributed by atoms with van der Waals surface area (Å²) in [4.78, 5) is 25.6. The van der Waals surface area contributed by atoms with Crippen LogP contribution in [-0.2, 0) is 14.3 Å². The van der Waals surface area contributed by atoms with Crippen molar-refractivity contribution in [3.05, 3.63) is 0 Å². The first-order valence-corrected chi connectivity index (χ1v) is 8.37. The number of amides is 2.